The van der Waals surface area contributed by atoms with Crippen LogP contribution in [0.15, 0.2) is 0 Å². The first-order valence-corrected chi connectivity index (χ1v) is 6.88. The first-order valence-electron chi connectivity index (χ1n) is 6.88. The highest BCUT2D eigenvalue weighted by atomic mass is 16.3. The third kappa shape index (κ3) is 2.77. The Balaban J connectivity index is 1.93. The molecule has 0 radical (unpaired) electrons. The molecule has 0 spiro atoms. The highest BCUT2D eigenvalue weighted by Gasteiger charge is 2.45. The van der Waals surface area contributed by atoms with E-state index in [9.17, 15) is 14.4 Å². The number of imide groups is 1. The molecule has 4 amide bonds. The number of carbonyl (C=O) groups is 3. The van der Waals surface area contributed by atoms with Crippen molar-refractivity contribution in [3.05, 3.63) is 0 Å². The molecule has 0 aromatic heterocycles. The maximum atomic E-state index is 12.1. The minimum absolute atomic E-state index is 0.119. The van der Waals surface area contributed by atoms with Crippen molar-refractivity contribution in [1.82, 2.24) is 15.1 Å². The van der Waals surface area contributed by atoms with Crippen LogP contribution in [-0.4, -0.2) is 64.5 Å². The molecule has 112 valence electrons. The highest BCUT2D eigenvalue weighted by molar-refractivity contribution is 6.08. The van der Waals surface area contributed by atoms with Gasteiger partial charge in [-0.2, -0.15) is 0 Å². The second kappa shape index (κ2) is 5.40. The molecule has 2 N–H and O–H groups in total. The average molecular weight is 283 g/mol. The fourth-order valence-corrected chi connectivity index (χ4v) is 2.67. The Bertz CT molecular complexity index is 435. The Kier molecular flexibility index (Phi) is 3.99. The number of nitrogens with zero attached hydrogens (tertiary/aromatic N) is 2. The minimum Gasteiger partial charge on any atom is -0.396 e. The molecule has 0 aromatic rings. The van der Waals surface area contributed by atoms with Crippen molar-refractivity contribution in [2.45, 2.75) is 32.2 Å². The molecular weight excluding hydrogens is 262 g/mol. The molecule has 0 bridgehead atoms. The van der Waals surface area contributed by atoms with Crippen LogP contribution in [0.1, 0.15) is 26.7 Å². The average Bonchev–Trinajstić information content (AvgIpc) is 2.89. The topological polar surface area (TPSA) is 90.0 Å². The Morgan fingerprint density at radius 3 is 2.70 bits per heavy atom. The van der Waals surface area contributed by atoms with Crippen molar-refractivity contribution in [3.8, 4) is 0 Å². The lowest BCUT2D eigenvalue weighted by Gasteiger charge is -2.20. The molecule has 0 saturated carbocycles. The molecule has 2 aliphatic rings. The zero-order valence-corrected chi connectivity index (χ0v) is 11.9. The standard InChI is InChI=1S/C13H21N3O4/c1-13(2)11(19)16(12(20)14-13)8-10(18)15-5-3-9(7-15)4-6-17/h9,17H,3-8H2,1-2H3,(H,14,20). The minimum atomic E-state index is -0.943. The summed E-state index contributed by atoms with van der Waals surface area (Å²) < 4.78 is 0. The molecule has 7 nitrogen and oxygen atoms in total. The molecular formula is C13H21N3O4. The summed E-state index contributed by atoms with van der Waals surface area (Å²) in [7, 11) is 0. The lowest BCUT2D eigenvalue weighted by atomic mass is 10.1. The van der Waals surface area contributed by atoms with E-state index >= 15 is 0 Å². The molecule has 2 saturated heterocycles. The zero-order chi connectivity index (χ0) is 14.9. The van der Waals surface area contributed by atoms with Gasteiger partial charge < -0.3 is 15.3 Å². The van der Waals surface area contributed by atoms with Crippen molar-refractivity contribution in [2.75, 3.05) is 26.2 Å². The van der Waals surface area contributed by atoms with Gasteiger partial charge in [-0.15, -0.1) is 0 Å². The second-order valence-electron chi connectivity index (χ2n) is 5.95. The van der Waals surface area contributed by atoms with Crippen LogP contribution in [0, 0.1) is 5.92 Å². The summed E-state index contributed by atoms with van der Waals surface area (Å²) in [5, 5.41) is 11.5. The van der Waals surface area contributed by atoms with E-state index < -0.39 is 11.6 Å². The quantitative estimate of drug-likeness (QED) is 0.684. The Labute approximate surface area is 117 Å². The van der Waals surface area contributed by atoms with E-state index in [1.54, 1.807) is 18.7 Å². The normalized spacial score (nSPS) is 25.2. The summed E-state index contributed by atoms with van der Waals surface area (Å²) in [5.74, 6) is -0.280. The number of aliphatic hydroxyl groups is 1. The Hall–Kier alpha value is -1.63. The number of hydrogen-bond donors (Lipinski definition) is 2. The first kappa shape index (κ1) is 14.8. The van der Waals surface area contributed by atoms with Crippen molar-refractivity contribution in [3.63, 3.8) is 0 Å². The van der Waals surface area contributed by atoms with Crippen molar-refractivity contribution >= 4 is 17.8 Å². The Morgan fingerprint density at radius 2 is 2.15 bits per heavy atom. The first-order chi connectivity index (χ1) is 9.35. The third-order valence-corrected chi connectivity index (χ3v) is 3.91. The summed E-state index contributed by atoms with van der Waals surface area (Å²) in [4.78, 5) is 38.5. The number of hydrogen-bond acceptors (Lipinski definition) is 4. The van der Waals surface area contributed by atoms with Crippen LogP contribution in [0.25, 0.3) is 0 Å². The van der Waals surface area contributed by atoms with Crippen molar-refractivity contribution in [1.29, 1.82) is 0 Å². The summed E-state index contributed by atoms with van der Waals surface area (Å²) in [6.07, 6.45) is 1.54. The summed E-state index contributed by atoms with van der Waals surface area (Å²) >= 11 is 0. The van der Waals surface area contributed by atoms with Gasteiger partial charge in [0.15, 0.2) is 0 Å². The molecule has 1 unspecified atom stereocenters. The van der Waals surface area contributed by atoms with Gasteiger partial charge in [-0.1, -0.05) is 0 Å². The predicted octanol–water partition coefficient (Wildman–Crippen LogP) is -0.452. The van der Waals surface area contributed by atoms with Gasteiger partial charge in [-0.3, -0.25) is 14.5 Å². The third-order valence-electron chi connectivity index (χ3n) is 3.91. The molecule has 2 rings (SSSR count). The predicted molar refractivity (Wildman–Crippen MR) is 70.7 cm³/mol. The maximum Gasteiger partial charge on any atom is 0.325 e. The molecule has 2 heterocycles. The largest absolute Gasteiger partial charge is 0.396 e. The number of urea groups is 1. The summed E-state index contributed by atoms with van der Waals surface area (Å²) in [6, 6.07) is -0.514. The molecule has 2 aliphatic heterocycles. The molecule has 1 atom stereocenters. The van der Waals surface area contributed by atoms with Gasteiger partial charge in [-0.25, -0.2) is 4.79 Å². The second-order valence-corrected chi connectivity index (χ2v) is 5.95. The van der Waals surface area contributed by atoms with Gasteiger partial charge >= 0.3 is 6.03 Å². The fourth-order valence-electron chi connectivity index (χ4n) is 2.67. The van der Waals surface area contributed by atoms with Crippen LogP contribution in [0.5, 0.6) is 0 Å². The SMILES string of the molecule is CC1(C)NC(=O)N(CC(=O)N2CCC(CCO)C2)C1=O. The summed E-state index contributed by atoms with van der Waals surface area (Å²) in [5.41, 5.74) is -0.943. The van der Waals surface area contributed by atoms with Crippen molar-refractivity contribution < 1.29 is 19.5 Å². The lowest BCUT2D eigenvalue weighted by Crippen LogP contribution is -2.44. The smallest absolute Gasteiger partial charge is 0.325 e. The lowest BCUT2D eigenvalue weighted by molar-refractivity contribution is -0.138. The van der Waals surface area contributed by atoms with Gasteiger partial charge in [0.05, 0.1) is 0 Å². The number of nitrogens with one attached hydrogen (secondary N) is 1. The summed E-state index contributed by atoms with van der Waals surface area (Å²) in [6.45, 7) is 4.35. The van der Waals surface area contributed by atoms with E-state index in [1.807, 2.05) is 0 Å². The molecule has 0 aliphatic carbocycles. The van der Waals surface area contributed by atoms with E-state index in [-0.39, 0.29) is 25.0 Å². The fraction of sp³-hybridized carbons (Fsp3) is 0.769. The van der Waals surface area contributed by atoms with E-state index in [0.29, 0.717) is 25.4 Å². The van der Waals surface area contributed by atoms with Crippen LogP contribution in [0.4, 0.5) is 4.79 Å². The van der Waals surface area contributed by atoms with E-state index in [2.05, 4.69) is 5.32 Å². The number of rotatable bonds is 4. The molecule has 2 fully saturated rings. The number of aliphatic hydroxyl groups excluding tert-OH is 1. The highest BCUT2D eigenvalue weighted by Crippen LogP contribution is 2.21. The maximum absolute atomic E-state index is 12.1. The van der Waals surface area contributed by atoms with Crippen LogP contribution in [-0.2, 0) is 9.59 Å². The van der Waals surface area contributed by atoms with E-state index in [1.165, 1.54) is 0 Å². The molecule has 0 aromatic carbocycles. The van der Waals surface area contributed by atoms with Gasteiger partial charge in [0, 0.05) is 19.7 Å². The van der Waals surface area contributed by atoms with Crippen LogP contribution in [0.3, 0.4) is 0 Å². The zero-order valence-electron chi connectivity index (χ0n) is 11.9. The van der Waals surface area contributed by atoms with Crippen LogP contribution >= 0.6 is 0 Å². The van der Waals surface area contributed by atoms with E-state index in [4.69, 9.17) is 5.11 Å². The molecule has 20 heavy (non-hydrogen) atoms. The van der Waals surface area contributed by atoms with Gasteiger partial charge in [0.25, 0.3) is 5.91 Å². The Morgan fingerprint density at radius 1 is 1.45 bits per heavy atom. The van der Waals surface area contributed by atoms with Gasteiger partial charge in [-0.05, 0) is 32.6 Å². The van der Waals surface area contributed by atoms with Gasteiger partial charge in [0.2, 0.25) is 5.91 Å². The molecule has 7 heteroatoms. The number of amides is 4. The van der Waals surface area contributed by atoms with Crippen LogP contribution in [0.2, 0.25) is 0 Å². The van der Waals surface area contributed by atoms with Gasteiger partial charge in [0.1, 0.15) is 12.1 Å². The van der Waals surface area contributed by atoms with Crippen molar-refractivity contribution in [2.24, 2.45) is 5.92 Å². The number of likely N-dealkylation sites (tertiary alicyclic amines) is 1. The van der Waals surface area contributed by atoms with E-state index in [0.717, 1.165) is 11.3 Å². The number of carbonyl (C=O) groups excluding carboxylic acids is 3. The van der Waals surface area contributed by atoms with Crippen LogP contribution < -0.4 is 5.32 Å². The monoisotopic (exact) mass is 283 g/mol.